The minimum Gasteiger partial charge on any atom is -0.350 e. The summed E-state index contributed by atoms with van der Waals surface area (Å²) < 4.78 is 11.1. The molecule has 0 aromatic heterocycles. The van der Waals surface area contributed by atoms with Crippen LogP contribution >= 0.6 is 0 Å². The van der Waals surface area contributed by atoms with Gasteiger partial charge >= 0.3 is 0 Å². The fourth-order valence-corrected chi connectivity index (χ4v) is 1.45. The van der Waals surface area contributed by atoms with Crippen molar-refractivity contribution >= 4 is 6.29 Å². The maximum atomic E-state index is 10.8. The first kappa shape index (κ1) is 10.7. The first-order chi connectivity index (χ1) is 5.87. The van der Waals surface area contributed by atoms with Crippen LogP contribution in [-0.4, -0.2) is 24.8 Å². The smallest absolute Gasteiger partial charge is 0.163 e. The molecule has 0 amide bonds. The largest absolute Gasteiger partial charge is 0.350 e. The van der Waals surface area contributed by atoms with Crippen molar-refractivity contribution in [1.82, 2.24) is 0 Å². The van der Waals surface area contributed by atoms with E-state index < -0.39 is 11.2 Å². The molecule has 1 atom stereocenters. The number of carbonyl (C=O) groups is 1. The van der Waals surface area contributed by atoms with Crippen LogP contribution in [0.25, 0.3) is 0 Å². The van der Waals surface area contributed by atoms with Crippen LogP contribution in [-0.2, 0) is 14.3 Å². The van der Waals surface area contributed by atoms with Crippen LogP contribution in [0.15, 0.2) is 0 Å². The summed E-state index contributed by atoms with van der Waals surface area (Å²) in [6, 6.07) is 0. The van der Waals surface area contributed by atoms with E-state index in [2.05, 4.69) is 0 Å². The highest BCUT2D eigenvalue weighted by Crippen LogP contribution is 2.31. The van der Waals surface area contributed by atoms with E-state index in [4.69, 9.17) is 9.47 Å². The Morgan fingerprint density at radius 2 is 2.08 bits per heavy atom. The van der Waals surface area contributed by atoms with Crippen molar-refractivity contribution in [2.75, 3.05) is 6.61 Å². The first-order valence-electron chi connectivity index (χ1n) is 4.65. The fourth-order valence-electron chi connectivity index (χ4n) is 1.45. The summed E-state index contributed by atoms with van der Waals surface area (Å²) in [5.74, 6) is -0.552. The molecule has 13 heavy (non-hydrogen) atoms. The molecule has 0 aliphatic carbocycles. The van der Waals surface area contributed by atoms with Gasteiger partial charge in [-0.3, -0.25) is 0 Å². The summed E-state index contributed by atoms with van der Waals surface area (Å²) in [5.41, 5.74) is -0.416. The standard InChI is InChI=1S/C10H18O3/c1-9(2,7-11)8-5-6-12-10(3,4)13-8/h7-8H,5-6H2,1-4H3. The second-order valence-electron chi connectivity index (χ2n) is 4.58. The number of hydrogen-bond acceptors (Lipinski definition) is 3. The monoisotopic (exact) mass is 186 g/mol. The molecule has 76 valence electrons. The van der Waals surface area contributed by atoms with Crippen LogP contribution in [0.2, 0.25) is 0 Å². The van der Waals surface area contributed by atoms with Crippen molar-refractivity contribution < 1.29 is 14.3 Å². The maximum Gasteiger partial charge on any atom is 0.163 e. The Labute approximate surface area is 79.4 Å². The topological polar surface area (TPSA) is 35.5 Å². The number of carbonyl (C=O) groups excluding carboxylic acids is 1. The van der Waals surface area contributed by atoms with E-state index in [9.17, 15) is 4.79 Å². The van der Waals surface area contributed by atoms with E-state index in [0.717, 1.165) is 12.7 Å². The first-order valence-corrected chi connectivity index (χ1v) is 4.65. The highest BCUT2D eigenvalue weighted by Gasteiger charge is 2.38. The van der Waals surface area contributed by atoms with Gasteiger partial charge in [-0.05, 0) is 20.3 Å². The molecular formula is C10H18O3. The van der Waals surface area contributed by atoms with Crippen molar-refractivity contribution in [2.45, 2.75) is 46.0 Å². The van der Waals surface area contributed by atoms with Gasteiger partial charge in [0.1, 0.15) is 6.29 Å². The second-order valence-corrected chi connectivity index (χ2v) is 4.58. The number of hydrogen-bond donors (Lipinski definition) is 0. The van der Waals surface area contributed by atoms with Gasteiger partial charge in [0.2, 0.25) is 0 Å². The number of ether oxygens (including phenoxy) is 2. The molecule has 0 bridgehead atoms. The number of aldehydes is 1. The molecule has 0 spiro atoms. The van der Waals surface area contributed by atoms with Crippen molar-refractivity contribution in [3.05, 3.63) is 0 Å². The normalized spacial score (nSPS) is 28.5. The highest BCUT2D eigenvalue weighted by molar-refractivity contribution is 5.59. The molecule has 3 heteroatoms. The lowest BCUT2D eigenvalue weighted by Gasteiger charge is -2.41. The van der Waals surface area contributed by atoms with Gasteiger partial charge in [0.05, 0.1) is 12.7 Å². The predicted molar refractivity (Wildman–Crippen MR) is 49.4 cm³/mol. The summed E-state index contributed by atoms with van der Waals surface area (Å²) in [7, 11) is 0. The van der Waals surface area contributed by atoms with Gasteiger partial charge in [-0.1, -0.05) is 13.8 Å². The third kappa shape index (κ3) is 2.51. The summed E-state index contributed by atoms with van der Waals surface area (Å²) in [6.07, 6.45) is 1.71. The van der Waals surface area contributed by atoms with Crippen molar-refractivity contribution in [3.8, 4) is 0 Å². The molecule has 0 radical (unpaired) electrons. The van der Waals surface area contributed by atoms with Gasteiger partial charge in [0.15, 0.2) is 5.79 Å². The third-order valence-corrected chi connectivity index (χ3v) is 2.39. The Bertz CT molecular complexity index is 196. The fraction of sp³-hybridized carbons (Fsp3) is 0.900. The molecule has 0 saturated carbocycles. The zero-order valence-corrected chi connectivity index (χ0v) is 8.79. The Kier molecular flexibility index (Phi) is 2.78. The molecule has 0 N–H and O–H groups in total. The molecule has 1 heterocycles. The van der Waals surface area contributed by atoms with E-state index in [1.54, 1.807) is 0 Å². The number of rotatable bonds is 2. The molecule has 1 rings (SSSR count). The van der Waals surface area contributed by atoms with Gasteiger partial charge < -0.3 is 14.3 Å². The quantitative estimate of drug-likeness (QED) is 0.616. The molecule has 3 nitrogen and oxygen atoms in total. The van der Waals surface area contributed by atoms with Crippen LogP contribution in [0.3, 0.4) is 0 Å². The molecule has 0 aromatic rings. The Balaban J connectivity index is 2.67. The lowest BCUT2D eigenvalue weighted by Crippen LogP contribution is -2.46. The minimum absolute atomic E-state index is 0.0336. The highest BCUT2D eigenvalue weighted by atomic mass is 16.7. The third-order valence-electron chi connectivity index (χ3n) is 2.39. The van der Waals surface area contributed by atoms with E-state index in [1.807, 2.05) is 27.7 Å². The lowest BCUT2D eigenvalue weighted by atomic mass is 9.86. The zero-order valence-electron chi connectivity index (χ0n) is 8.79. The van der Waals surface area contributed by atoms with E-state index in [1.165, 1.54) is 0 Å². The summed E-state index contributed by atoms with van der Waals surface area (Å²) in [4.78, 5) is 10.8. The van der Waals surface area contributed by atoms with E-state index in [0.29, 0.717) is 6.61 Å². The van der Waals surface area contributed by atoms with Crippen LogP contribution in [0.1, 0.15) is 34.1 Å². The average Bonchev–Trinajstić information content (AvgIpc) is 2.03. The SMILES string of the molecule is CC1(C)OCCC(C(C)(C)C=O)O1. The lowest BCUT2D eigenvalue weighted by molar-refractivity contribution is -0.287. The molecular weight excluding hydrogens is 168 g/mol. The van der Waals surface area contributed by atoms with Crippen molar-refractivity contribution in [2.24, 2.45) is 5.41 Å². The molecule has 1 unspecified atom stereocenters. The summed E-state index contributed by atoms with van der Waals surface area (Å²) >= 11 is 0. The van der Waals surface area contributed by atoms with Gasteiger partial charge in [0.25, 0.3) is 0 Å². The molecule has 1 saturated heterocycles. The molecule has 0 aromatic carbocycles. The molecule has 1 aliphatic rings. The van der Waals surface area contributed by atoms with Crippen LogP contribution in [0.5, 0.6) is 0 Å². The second kappa shape index (κ2) is 3.39. The summed E-state index contributed by atoms with van der Waals surface area (Å²) in [6.45, 7) is 8.20. The van der Waals surface area contributed by atoms with E-state index in [-0.39, 0.29) is 6.10 Å². The Morgan fingerprint density at radius 3 is 2.54 bits per heavy atom. The van der Waals surface area contributed by atoms with Crippen molar-refractivity contribution in [1.29, 1.82) is 0 Å². The Hall–Kier alpha value is -0.410. The van der Waals surface area contributed by atoms with Crippen molar-refractivity contribution in [3.63, 3.8) is 0 Å². The zero-order chi connectivity index (χ0) is 10.1. The minimum atomic E-state index is -0.552. The van der Waals surface area contributed by atoms with Crippen LogP contribution in [0.4, 0.5) is 0 Å². The molecule has 1 aliphatic heterocycles. The van der Waals surface area contributed by atoms with Crippen LogP contribution in [0, 0.1) is 5.41 Å². The van der Waals surface area contributed by atoms with Gasteiger partial charge in [0, 0.05) is 5.41 Å². The average molecular weight is 186 g/mol. The van der Waals surface area contributed by atoms with Gasteiger partial charge in [-0.25, -0.2) is 0 Å². The molecule has 1 fully saturated rings. The maximum absolute atomic E-state index is 10.8. The van der Waals surface area contributed by atoms with Crippen LogP contribution < -0.4 is 0 Å². The van der Waals surface area contributed by atoms with E-state index >= 15 is 0 Å². The van der Waals surface area contributed by atoms with Gasteiger partial charge in [-0.15, -0.1) is 0 Å². The summed E-state index contributed by atoms with van der Waals surface area (Å²) in [5, 5.41) is 0. The Morgan fingerprint density at radius 1 is 1.46 bits per heavy atom. The van der Waals surface area contributed by atoms with Gasteiger partial charge in [-0.2, -0.15) is 0 Å². The predicted octanol–water partition coefficient (Wildman–Crippen LogP) is 1.75.